The summed E-state index contributed by atoms with van der Waals surface area (Å²) >= 11 is 0. The van der Waals surface area contributed by atoms with Gasteiger partial charge in [-0.1, -0.05) is 34.1 Å². The summed E-state index contributed by atoms with van der Waals surface area (Å²) in [5, 5.41) is 119. The second kappa shape index (κ2) is 37.1. The van der Waals surface area contributed by atoms with Gasteiger partial charge in [-0.3, -0.25) is 35.3 Å². The molecule has 1 aromatic carbocycles. The van der Waals surface area contributed by atoms with E-state index in [0.717, 1.165) is 25.0 Å². The summed E-state index contributed by atoms with van der Waals surface area (Å²) in [5.74, 6) is -6.51. The zero-order chi connectivity index (χ0) is 76.3. The normalized spacial score (nSPS) is 33.2. The van der Waals surface area contributed by atoms with Crippen molar-refractivity contribution in [3.8, 4) is 0 Å². The number of aliphatic carboxylic acids is 2. The molecular formula is C48H69N4O43S7-5. The number of carboxylic acids is 2. The Kier molecular flexibility index (Phi) is 31.5. The van der Waals surface area contributed by atoms with Gasteiger partial charge in [0.05, 0.1) is 25.9 Å². The lowest BCUT2D eigenvalue weighted by atomic mass is 9.94. The Morgan fingerprint density at radius 3 is 1.61 bits per heavy atom. The molecule has 5 fully saturated rings. The van der Waals surface area contributed by atoms with Crippen LogP contribution in [0.4, 0.5) is 11.4 Å². The van der Waals surface area contributed by atoms with Crippen LogP contribution in [0.1, 0.15) is 46.0 Å². The van der Waals surface area contributed by atoms with Gasteiger partial charge in [0.1, 0.15) is 91.4 Å². The zero-order valence-corrected chi connectivity index (χ0v) is 57.8. The van der Waals surface area contributed by atoms with E-state index in [1.807, 2.05) is 21.4 Å². The predicted molar refractivity (Wildman–Crippen MR) is 319 cm³/mol. The number of benzene rings is 1. The maximum absolute atomic E-state index is 13.3. The first-order valence-corrected chi connectivity index (χ1v) is 38.4. The number of carbonyl (C=O) groups excluding carboxylic acids is 3. The molecule has 3 amide bonds. The first-order valence-electron chi connectivity index (χ1n) is 29.4. The molecule has 5 aliphatic rings. The number of aliphatic hydroxyl groups excluding tert-OH is 8. The summed E-state index contributed by atoms with van der Waals surface area (Å²) in [6.07, 6.45) is -57.5. The Labute approximate surface area is 586 Å². The van der Waals surface area contributed by atoms with Gasteiger partial charge in [-0.15, -0.1) is 0 Å². The fraction of sp³-hybridized carbons (Fsp3) is 0.771. The van der Waals surface area contributed by atoms with Crippen LogP contribution in [0.5, 0.6) is 0 Å². The Bertz CT molecular complexity index is 3600. The first-order chi connectivity index (χ1) is 47.2. The monoisotopic (exact) mass is 1610 g/mol. The third-order valence-electron chi connectivity index (χ3n) is 15.1. The standard InChI is InChI=1S/C48H74N4O43S7/c1-17(53)50-27-36(88-47-40(94-101(77,78)79)33(62)32(61)39(91-47)43(64)65)31(60)24(15-84-98(68,69)70)86-46(27)90-38-34(63)41(95-102(80,81)82)48(92-42(38)44(66)67)89-37-28(51-18(2)54)45(87-25(16-85-99(71,72)73)35(37)93-100(74,75)76)83-14-23(56)30(59)29(58)22(55)13-49-19-6-5-7-20(12-19)52-26(57)9-4-3-8-21-10-11-96-97-21/h5-7,12,21-25,27-42,45-49,55-56,58-63H,3-4,8-11,13-16H2,1-2H3,(H,50,53)(H,51,54)(H,52,57)(H,64,65)(H,66,67)(H,68,69,70)(H,71,72,73)(H,74,75,76)(H,77,78,79)(H,80,81,82)/p-5/t21?,22?,23?,24-,25-,27-,28-,29?,30?,31+,32+,33+,34+,35+,36-,37-,38+,39+,40-,41-,42+,45-,46+,47-,48-/m1/s1. The topological polar surface area (TPSA) is 742 Å². The largest absolute Gasteiger partial charge is 0.726 e. The number of nitrogens with one attached hydrogen (secondary N) is 4. The van der Waals surface area contributed by atoms with E-state index < -0.39 is 249 Å². The van der Waals surface area contributed by atoms with Gasteiger partial charge in [0.15, 0.2) is 49.6 Å². The van der Waals surface area contributed by atoms with Crippen LogP contribution in [0.25, 0.3) is 0 Å². The van der Waals surface area contributed by atoms with Crippen LogP contribution in [0, 0.1) is 0 Å². The molecule has 0 aliphatic carbocycles. The third-order valence-corrected chi connectivity index (χ3v) is 20.3. The summed E-state index contributed by atoms with van der Waals surface area (Å²) in [5.41, 5.74) is 0.584. The molecule has 54 heteroatoms. The first kappa shape index (κ1) is 86.7. The molecule has 102 heavy (non-hydrogen) atoms. The lowest BCUT2D eigenvalue weighted by Gasteiger charge is -2.51. The average molecular weight is 1610 g/mol. The van der Waals surface area contributed by atoms with Gasteiger partial charge in [-0.25, -0.2) is 51.7 Å². The quantitative estimate of drug-likeness (QED) is 0.0127. The Morgan fingerprint density at radius 2 is 1.07 bits per heavy atom. The van der Waals surface area contributed by atoms with Crippen molar-refractivity contribution >= 4 is 115 Å². The molecule has 5 aliphatic heterocycles. The number of anilines is 2. The number of ether oxygens (including phenoxy) is 8. The summed E-state index contributed by atoms with van der Waals surface area (Å²) in [4.78, 5) is 63.9. The number of hydrogen-bond donors (Lipinski definition) is 14. The molecule has 25 atom stereocenters. The molecule has 5 unspecified atom stereocenters. The van der Waals surface area contributed by atoms with Crippen molar-refractivity contribution in [2.24, 2.45) is 0 Å². The highest BCUT2D eigenvalue weighted by atomic mass is 33.1. The second-order valence-electron chi connectivity index (χ2n) is 22.7. The molecule has 6 rings (SSSR count). The molecule has 14 N–H and O–H groups in total. The van der Waals surface area contributed by atoms with Crippen molar-refractivity contribution in [3.05, 3.63) is 24.3 Å². The van der Waals surface area contributed by atoms with E-state index >= 15 is 0 Å². The molecule has 586 valence electrons. The van der Waals surface area contributed by atoms with Gasteiger partial charge in [0.2, 0.25) is 69.7 Å². The van der Waals surface area contributed by atoms with Crippen LogP contribution in [0.3, 0.4) is 0 Å². The molecular weight excluding hydrogens is 1540 g/mol. The maximum atomic E-state index is 13.3. The van der Waals surface area contributed by atoms with Crippen LogP contribution in [0.15, 0.2) is 24.3 Å². The van der Waals surface area contributed by atoms with Crippen molar-refractivity contribution < 1.29 is 199 Å². The van der Waals surface area contributed by atoms with Crippen molar-refractivity contribution in [3.63, 3.8) is 0 Å². The molecule has 5 heterocycles. The lowest BCUT2D eigenvalue weighted by molar-refractivity contribution is -0.366. The number of carboxylic acid groups (broad SMARTS) is 2. The highest BCUT2D eigenvalue weighted by Crippen LogP contribution is 2.41. The molecule has 0 spiro atoms. The molecule has 1 aromatic rings. The summed E-state index contributed by atoms with van der Waals surface area (Å²) in [7, 11) is -27.1. The highest BCUT2D eigenvalue weighted by molar-refractivity contribution is 8.77. The minimum atomic E-state index is -6.46. The fourth-order valence-corrected chi connectivity index (χ4v) is 15.7. The van der Waals surface area contributed by atoms with E-state index in [-0.39, 0.29) is 18.0 Å². The molecule has 47 nitrogen and oxygen atoms in total. The van der Waals surface area contributed by atoms with Gasteiger partial charge in [-0.2, -0.15) is 0 Å². The van der Waals surface area contributed by atoms with E-state index in [2.05, 4.69) is 31.5 Å². The average Bonchev–Trinajstić information content (AvgIpc) is 0.826. The maximum Gasteiger partial charge on any atom is 0.335 e. The van der Waals surface area contributed by atoms with Crippen LogP contribution < -0.4 is 21.3 Å². The van der Waals surface area contributed by atoms with Gasteiger partial charge < -0.3 is 133 Å². The molecule has 0 saturated carbocycles. The predicted octanol–water partition coefficient (Wildman–Crippen LogP) is -9.62. The Morgan fingerprint density at radius 1 is 0.569 bits per heavy atom. The van der Waals surface area contributed by atoms with Crippen LogP contribution >= 0.6 is 21.6 Å². The highest BCUT2D eigenvalue weighted by Gasteiger charge is 2.60. The summed E-state index contributed by atoms with van der Waals surface area (Å²) in [6.45, 7) is -4.27. The van der Waals surface area contributed by atoms with Gasteiger partial charge >= 0.3 is 11.9 Å². The number of amides is 3. The van der Waals surface area contributed by atoms with Crippen molar-refractivity contribution in [1.82, 2.24) is 10.6 Å². The fourth-order valence-electron chi connectivity index (χ4n) is 10.6. The van der Waals surface area contributed by atoms with Crippen molar-refractivity contribution in [2.75, 3.05) is 42.8 Å². The molecule has 0 aromatic heterocycles. The van der Waals surface area contributed by atoms with Crippen LogP contribution in [-0.4, -0.2) is 330 Å². The number of aliphatic hydroxyl groups is 8. The van der Waals surface area contributed by atoms with Gasteiger partial charge in [-0.05, 0) is 37.5 Å². The molecule has 0 radical (unpaired) electrons. The summed E-state index contributed by atoms with van der Waals surface area (Å²) in [6, 6.07) is 0.959. The van der Waals surface area contributed by atoms with Gasteiger partial charge in [0.25, 0.3) is 0 Å². The SMILES string of the molecule is CC(=O)N[C@H]1[C@H](OCC(O)C(O)C(O)C(O)CNc2cccc(NC(=O)CCCCC3CCSS3)c2)O[C@H](COS(=O)(=O)[O-])[C@H](OS(=O)(=O)[O-])[C@@H]1O[C@@H]1O[C@H](C(=O)O)[C@@H](O[C@@H]2O[C@H](COS(=O)(=O)[O-])[C@H](O)[C@H](O[C@@H]3O[C@H](C(=O)O)[C@@H](O)[C@H](O)[C@H]3OS(=O)(=O)[O-])[C@H]2NC(C)=O)[C@H](O)[C@H]1OS(=O)(=O)[O-]. The lowest BCUT2D eigenvalue weighted by Crippen LogP contribution is -2.71. The second-order valence-corrected chi connectivity index (χ2v) is 30.6. The third kappa shape index (κ3) is 26.3. The minimum absolute atomic E-state index is 0.221. The van der Waals surface area contributed by atoms with Crippen LogP contribution in [-0.2, 0) is 135 Å². The van der Waals surface area contributed by atoms with Crippen molar-refractivity contribution in [1.29, 1.82) is 0 Å². The number of hydrogen-bond acceptors (Lipinski definition) is 44. The van der Waals surface area contributed by atoms with Crippen molar-refractivity contribution in [2.45, 2.75) is 198 Å². The van der Waals surface area contributed by atoms with E-state index in [4.69, 9.17) is 37.9 Å². The van der Waals surface area contributed by atoms with E-state index in [1.165, 1.54) is 18.2 Å². The molecule has 0 bridgehead atoms. The summed E-state index contributed by atoms with van der Waals surface area (Å²) < 4.78 is 246. The zero-order valence-electron chi connectivity index (χ0n) is 52.1. The van der Waals surface area contributed by atoms with E-state index in [1.54, 1.807) is 16.9 Å². The van der Waals surface area contributed by atoms with Gasteiger partial charge in [0, 0.05) is 49.2 Å². The minimum Gasteiger partial charge on any atom is -0.726 e. The smallest absolute Gasteiger partial charge is 0.335 e. The number of carbonyl (C=O) groups is 5. The van der Waals surface area contributed by atoms with E-state index in [9.17, 15) is 140 Å². The van der Waals surface area contributed by atoms with E-state index in [0.29, 0.717) is 31.2 Å². The van der Waals surface area contributed by atoms with Crippen LogP contribution in [0.2, 0.25) is 0 Å². The Hall–Kier alpha value is -4.22. The Balaban J connectivity index is 1.31. The number of unbranched alkanes of at least 4 members (excludes halogenated alkanes) is 1. The number of rotatable bonds is 37. The molecule has 5 saturated heterocycles.